The minimum absolute atomic E-state index is 0.0118. The first kappa shape index (κ1) is 14.4. The Hall–Kier alpha value is -1.58. The molecule has 0 bridgehead atoms. The lowest BCUT2D eigenvalue weighted by molar-refractivity contribution is 0.152. The normalized spacial score (nSPS) is 23.6. The molecule has 0 unspecified atom stereocenters. The molecule has 2 aromatic rings. The van der Waals surface area contributed by atoms with E-state index in [4.69, 9.17) is 0 Å². The molecular formula is C17H25N3O. The van der Waals surface area contributed by atoms with Crippen LogP contribution >= 0.6 is 0 Å². The summed E-state index contributed by atoms with van der Waals surface area (Å²) in [7, 11) is 0. The number of hydrogen-bond acceptors (Lipinski definition) is 2. The molecule has 0 spiro atoms. The zero-order chi connectivity index (χ0) is 15.2. The van der Waals surface area contributed by atoms with Crippen LogP contribution < -0.4 is 5.69 Å². The van der Waals surface area contributed by atoms with Gasteiger partial charge in [-0.25, -0.2) is 9.78 Å². The highest BCUT2D eigenvalue weighted by atomic mass is 16.1. The number of H-pyrrole nitrogens is 1. The Bertz CT molecular complexity index is 697. The van der Waals surface area contributed by atoms with Gasteiger partial charge < -0.3 is 4.98 Å². The van der Waals surface area contributed by atoms with Crippen molar-refractivity contribution in [2.45, 2.75) is 59.4 Å². The summed E-state index contributed by atoms with van der Waals surface area (Å²) in [6, 6.07) is 2.29. The molecule has 0 aliphatic heterocycles. The van der Waals surface area contributed by atoms with Gasteiger partial charge in [0.05, 0.1) is 5.52 Å². The summed E-state index contributed by atoms with van der Waals surface area (Å²) < 4.78 is 1.88. The van der Waals surface area contributed by atoms with Gasteiger partial charge in [0.15, 0.2) is 5.65 Å². The number of aromatic nitrogens is 3. The van der Waals surface area contributed by atoms with Crippen LogP contribution in [0.5, 0.6) is 0 Å². The highest BCUT2D eigenvalue weighted by Gasteiger charge is 2.31. The van der Waals surface area contributed by atoms with E-state index >= 15 is 0 Å². The van der Waals surface area contributed by atoms with Gasteiger partial charge in [0.25, 0.3) is 0 Å². The molecule has 3 rings (SSSR count). The summed E-state index contributed by atoms with van der Waals surface area (Å²) >= 11 is 0. The van der Waals surface area contributed by atoms with E-state index in [1.165, 1.54) is 12.8 Å². The van der Waals surface area contributed by atoms with E-state index in [9.17, 15) is 4.79 Å². The topological polar surface area (TPSA) is 50.7 Å². The SMILES string of the molecule is Cc1cnc2c(c1)[nH]c(=O)n2C1CCC(C(C)(C)C)CC1. The molecule has 4 nitrogen and oxygen atoms in total. The highest BCUT2D eigenvalue weighted by Crippen LogP contribution is 2.41. The molecule has 4 heteroatoms. The van der Waals surface area contributed by atoms with Gasteiger partial charge in [-0.05, 0) is 55.6 Å². The lowest BCUT2D eigenvalue weighted by atomic mass is 9.71. The third-order valence-electron chi connectivity index (χ3n) is 4.98. The van der Waals surface area contributed by atoms with Gasteiger partial charge in [0, 0.05) is 12.2 Å². The molecule has 114 valence electrons. The summed E-state index contributed by atoms with van der Waals surface area (Å²) in [6.07, 6.45) is 6.37. The summed E-state index contributed by atoms with van der Waals surface area (Å²) in [5.41, 5.74) is 3.10. The predicted molar refractivity (Wildman–Crippen MR) is 85.5 cm³/mol. The molecule has 2 heterocycles. The third-order valence-corrected chi connectivity index (χ3v) is 4.98. The molecular weight excluding hydrogens is 262 g/mol. The third kappa shape index (κ3) is 2.63. The molecule has 1 N–H and O–H groups in total. The van der Waals surface area contributed by atoms with Gasteiger partial charge in [-0.3, -0.25) is 4.57 Å². The van der Waals surface area contributed by atoms with Crippen LogP contribution in [0.25, 0.3) is 11.2 Å². The molecule has 2 aromatic heterocycles. The number of aryl methyl sites for hydroxylation is 1. The van der Waals surface area contributed by atoms with Crippen LogP contribution in [0.2, 0.25) is 0 Å². The molecule has 21 heavy (non-hydrogen) atoms. The molecule has 0 saturated heterocycles. The van der Waals surface area contributed by atoms with Crippen LogP contribution in [0.15, 0.2) is 17.1 Å². The van der Waals surface area contributed by atoms with Crippen molar-refractivity contribution in [1.29, 1.82) is 0 Å². The fourth-order valence-corrected chi connectivity index (χ4v) is 3.66. The quantitative estimate of drug-likeness (QED) is 0.867. The summed E-state index contributed by atoms with van der Waals surface area (Å²) in [4.78, 5) is 19.7. The number of aromatic amines is 1. The predicted octanol–water partition coefficient (Wildman–Crippen LogP) is 3.81. The zero-order valence-corrected chi connectivity index (χ0v) is 13.4. The standard InChI is InChI=1S/C17H25N3O/c1-11-9-14-15(18-10-11)20(16(21)19-14)13-7-5-12(6-8-13)17(2,3)4/h9-10,12-13H,5-8H2,1-4H3,(H,19,21). The number of pyridine rings is 1. The number of rotatable bonds is 1. The van der Waals surface area contributed by atoms with Crippen molar-refractivity contribution < 1.29 is 0 Å². The second kappa shape index (κ2) is 5.00. The van der Waals surface area contributed by atoms with Crippen molar-refractivity contribution in [3.8, 4) is 0 Å². The highest BCUT2D eigenvalue weighted by molar-refractivity contribution is 5.71. The van der Waals surface area contributed by atoms with E-state index in [2.05, 4.69) is 30.7 Å². The second-order valence-electron chi connectivity index (χ2n) is 7.56. The molecule has 0 radical (unpaired) electrons. The van der Waals surface area contributed by atoms with Gasteiger partial charge in [-0.1, -0.05) is 20.8 Å². The van der Waals surface area contributed by atoms with Crippen molar-refractivity contribution in [3.05, 3.63) is 28.3 Å². The van der Waals surface area contributed by atoms with Crippen LogP contribution in [-0.2, 0) is 0 Å². The van der Waals surface area contributed by atoms with Gasteiger partial charge in [-0.2, -0.15) is 0 Å². The van der Waals surface area contributed by atoms with Crippen LogP contribution in [0.3, 0.4) is 0 Å². The maximum atomic E-state index is 12.3. The first-order chi connectivity index (χ1) is 9.86. The van der Waals surface area contributed by atoms with E-state index < -0.39 is 0 Å². The first-order valence-corrected chi connectivity index (χ1v) is 7.93. The van der Waals surface area contributed by atoms with Gasteiger partial charge in [0.1, 0.15) is 0 Å². The van der Waals surface area contributed by atoms with E-state index in [0.29, 0.717) is 11.5 Å². The zero-order valence-electron chi connectivity index (χ0n) is 13.4. The fraction of sp³-hybridized carbons (Fsp3) is 0.647. The molecule has 1 fully saturated rings. The summed E-state index contributed by atoms with van der Waals surface area (Å²) in [5.74, 6) is 0.755. The average Bonchev–Trinajstić information content (AvgIpc) is 2.73. The summed E-state index contributed by atoms with van der Waals surface area (Å²) in [5, 5.41) is 0. The molecule has 1 saturated carbocycles. The molecule has 1 aliphatic carbocycles. The average molecular weight is 287 g/mol. The number of imidazole rings is 1. The van der Waals surface area contributed by atoms with E-state index in [0.717, 1.165) is 35.5 Å². The molecule has 0 atom stereocenters. The Labute approximate surface area is 125 Å². The Morgan fingerprint density at radius 2 is 1.90 bits per heavy atom. The van der Waals surface area contributed by atoms with Crippen LogP contribution in [-0.4, -0.2) is 14.5 Å². The van der Waals surface area contributed by atoms with E-state index in [1.54, 1.807) is 0 Å². The van der Waals surface area contributed by atoms with Crippen LogP contribution in [0.4, 0.5) is 0 Å². The van der Waals surface area contributed by atoms with Crippen LogP contribution in [0.1, 0.15) is 58.1 Å². The van der Waals surface area contributed by atoms with Crippen molar-refractivity contribution in [3.63, 3.8) is 0 Å². The van der Waals surface area contributed by atoms with Gasteiger partial charge in [0.2, 0.25) is 0 Å². The van der Waals surface area contributed by atoms with E-state index in [-0.39, 0.29) is 5.69 Å². The monoisotopic (exact) mass is 287 g/mol. The van der Waals surface area contributed by atoms with Crippen molar-refractivity contribution in [2.24, 2.45) is 11.3 Å². The summed E-state index contributed by atoms with van der Waals surface area (Å²) in [6.45, 7) is 8.96. The smallest absolute Gasteiger partial charge is 0.304 e. The van der Waals surface area contributed by atoms with Gasteiger partial charge in [-0.15, -0.1) is 0 Å². The minimum atomic E-state index is -0.0118. The van der Waals surface area contributed by atoms with Crippen molar-refractivity contribution >= 4 is 11.2 Å². The Kier molecular flexibility index (Phi) is 3.42. The largest absolute Gasteiger partial charge is 0.327 e. The minimum Gasteiger partial charge on any atom is -0.304 e. The Morgan fingerprint density at radius 1 is 1.24 bits per heavy atom. The lowest BCUT2D eigenvalue weighted by Gasteiger charge is -2.37. The number of nitrogens with zero attached hydrogens (tertiary/aromatic N) is 2. The Balaban J connectivity index is 1.89. The second-order valence-corrected chi connectivity index (χ2v) is 7.56. The first-order valence-electron chi connectivity index (χ1n) is 7.93. The fourth-order valence-electron chi connectivity index (χ4n) is 3.66. The van der Waals surface area contributed by atoms with Gasteiger partial charge >= 0.3 is 5.69 Å². The van der Waals surface area contributed by atoms with Crippen LogP contribution in [0, 0.1) is 18.3 Å². The molecule has 0 amide bonds. The Morgan fingerprint density at radius 3 is 2.52 bits per heavy atom. The maximum absolute atomic E-state index is 12.3. The number of hydrogen-bond donors (Lipinski definition) is 1. The van der Waals surface area contributed by atoms with Crippen molar-refractivity contribution in [1.82, 2.24) is 14.5 Å². The van der Waals surface area contributed by atoms with E-state index in [1.807, 2.05) is 23.8 Å². The maximum Gasteiger partial charge on any atom is 0.327 e. The number of fused-ring (bicyclic) bond motifs is 1. The van der Waals surface area contributed by atoms with Crippen molar-refractivity contribution in [2.75, 3.05) is 0 Å². The number of nitrogens with one attached hydrogen (secondary N) is 1. The molecule has 1 aliphatic rings. The lowest BCUT2D eigenvalue weighted by Crippen LogP contribution is -2.30. The molecule has 0 aromatic carbocycles.